The van der Waals surface area contributed by atoms with Crippen molar-refractivity contribution >= 4 is 5.97 Å². The Morgan fingerprint density at radius 3 is 2.50 bits per heavy atom. The van der Waals surface area contributed by atoms with Gasteiger partial charge in [-0.25, -0.2) is 9.18 Å². The molecule has 1 atom stereocenters. The molecule has 0 aliphatic carbocycles. The summed E-state index contributed by atoms with van der Waals surface area (Å²) < 4.78 is 24.8. The second-order valence-electron chi connectivity index (χ2n) is 3.62. The monoisotopic (exact) mass is 251 g/mol. The third-order valence-corrected chi connectivity index (χ3v) is 2.59. The first-order valence-electron chi connectivity index (χ1n) is 4.75. The third kappa shape index (κ3) is 2.11. The normalized spacial score (nSPS) is 13.2. The summed E-state index contributed by atoms with van der Waals surface area (Å²) in [7, 11) is 0. The van der Waals surface area contributed by atoms with Crippen molar-refractivity contribution < 1.29 is 18.7 Å². The van der Waals surface area contributed by atoms with Gasteiger partial charge in [0, 0.05) is 4.53 Å². The molecule has 0 radical (unpaired) electrons. The highest BCUT2D eigenvalue weighted by atomic mass is 19.3. The van der Waals surface area contributed by atoms with Crippen molar-refractivity contribution in [2.75, 3.05) is 0 Å². The van der Waals surface area contributed by atoms with Crippen LogP contribution in [0.4, 0.5) is 8.92 Å². The Kier molecular flexibility index (Phi) is 3.90. The molecule has 5 nitrogen and oxygen atoms in total. The lowest BCUT2D eigenvalue weighted by Crippen LogP contribution is -2.40. The predicted molar refractivity (Wildman–Crippen MR) is 53.5 cm³/mol. The topological polar surface area (TPSA) is 86.8 Å². The summed E-state index contributed by atoms with van der Waals surface area (Å²) in [6, 6.07) is 5.19. The molecule has 0 saturated carbocycles. The standard InChI is InChI=1S/C11H7F2N3O2/c1-11(10(17)18-13,7(4-14)5-15)9-3-2-8(12)6-16-9/h2-3,6-7H,1H3. The number of pyridine rings is 1. The van der Waals surface area contributed by atoms with Crippen LogP contribution in [0.3, 0.4) is 0 Å². The molecule has 0 aromatic carbocycles. The molecule has 18 heavy (non-hydrogen) atoms. The number of aromatic nitrogens is 1. The molecule has 1 aromatic rings. The molecular weight excluding hydrogens is 244 g/mol. The number of rotatable bonds is 3. The van der Waals surface area contributed by atoms with Crippen LogP contribution < -0.4 is 0 Å². The van der Waals surface area contributed by atoms with Gasteiger partial charge >= 0.3 is 5.97 Å². The van der Waals surface area contributed by atoms with E-state index < -0.39 is 23.1 Å². The summed E-state index contributed by atoms with van der Waals surface area (Å²) in [4.78, 5) is 18.1. The van der Waals surface area contributed by atoms with E-state index in [9.17, 15) is 13.7 Å². The van der Waals surface area contributed by atoms with Gasteiger partial charge in [0.25, 0.3) is 0 Å². The number of carbonyl (C=O) groups excluding carboxylic acids is 1. The van der Waals surface area contributed by atoms with Crippen molar-refractivity contribution in [2.24, 2.45) is 5.92 Å². The number of hydrogen-bond acceptors (Lipinski definition) is 5. The molecule has 1 rings (SSSR count). The Hall–Kier alpha value is -2.54. The Labute approximate surface area is 101 Å². The van der Waals surface area contributed by atoms with Crippen LogP contribution in [0.5, 0.6) is 0 Å². The summed E-state index contributed by atoms with van der Waals surface area (Å²) in [6.45, 7) is 1.13. The highest BCUT2D eigenvalue weighted by Crippen LogP contribution is 2.32. The van der Waals surface area contributed by atoms with Crippen molar-refractivity contribution in [3.05, 3.63) is 29.8 Å². The van der Waals surface area contributed by atoms with Crippen LogP contribution >= 0.6 is 0 Å². The first kappa shape index (κ1) is 13.5. The van der Waals surface area contributed by atoms with Gasteiger partial charge in [-0.1, -0.05) is 0 Å². The Morgan fingerprint density at radius 2 is 2.11 bits per heavy atom. The van der Waals surface area contributed by atoms with E-state index in [1.54, 1.807) is 12.1 Å². The summed E-state index contributed by atoms with van der Waals surface area (Å²) in [5, 5.41) is 17.6. The molecule has 92 valence electrons. The highest BCUT2D eigenvalue weighted by Gasteiger charge is 2.47. The first-order chi connectivity index (χ1) is 8.50. The zero-order chi connectivity index (χ0) is 13.8. The van der Waals surface area contributed by atoms with Crippen LogP contribution in [0.2, 0.25) is 0 Å². The number of hydrogen-bond donors (Lipinski definition) is 0. The van der Waals surface area contributed by atoms with E-state index in [2.05, 4.69) is 9.93 Å². The second-order valence-corrected chi connectivity index (χ2v) is 3.62. The number of halogens is 2. The van der Waals surface area contributed by atoms with Crippen molar-refractivity contribution in [2.45, 2.75) is 12.3 Å². The molecule has 0 bridgehead atoms. The molecule has 7 heteroatoms. The molecule has 0 N–H and O–H groups in total. The third-order valence-electron chi connectivity index (χ3n) is 2.59. The lowest BCUT2D eigenvalue weighted by molar-refractivity contribution is -0.191. The average Bonchev–Trinajstić information content (AvgIpc) is 2.39. The summed E-state index contributed by atoms with van der Waals surface area (Å²) in [5.41, 5.74) is -2.05. The molecule has 0 spiro atoms. The molecule has 1 unspecified atom stereocenters. The highest BCUT2D eigenvalue weighted by molar-refractivity contribution is 5.83. The summed E-state index contributed by atoms with van der Waals surface area (Å²) in [6.07, 6.45) is 0.797. The predicted octanol–water partition coefficient (Wildman–Crippen LogP) is 1.57. The van der Waals surface area contributed by atoms with Gasteiger partial charge in [-0.05, 0) is 19.1 Å². The van der Waals surface area contributed by atoms with Crippen molar-refractivity contribution in [1.82, 2.24) is 4.98 Å². The zero-order valence-electron chi connectivity index (χ0n) is 9.22. The molecule has 0 amide bonds. The number of nitrogens with zero attached hydrogens (tertiary/aromatic N) is 3. The van der Waals surface area contributed by atoms with Gasteiger partial charge in [0.05, 0.1) is 24.0 Å². The molecular formula is C11H7F2N3O2. The van der Waals surface area contributed by atoms with E-state index in [1.165, 1.54) is 0 Å². The maximum Gasteiger partial charge on any atom is 0.362 e. The minimum absolute atomic E-state index is 0.125. The minimum atomic E-state index is -1.92. The van der Waals surface area contributed by atoms with Crippen molar-refractivity contribution in [3.63, 3.8) is 0 Å². The van der Waals surface area contributed by atoms with Crippen LogP contribution in [-0.2, 0) is 15.2 Å². The SMILES string of the molecule is CC(C(=O)OF)(c1ccc(F)cn1)C(C#N)C#N. The van der Waals surface area contributed by atoms with Gasteiger partial charge in [0.2, 0.25) is 0 Å². The zero-order valence-corrected chi connectivity index (χ0v) is 9.22. The van der Waals surface area contributed by atoms with E-state index in [4.69, 9.17) is 10.5 Å². The molecule has 0 aliphatic heterocycles. The number of carbonyl (C=O) groups is 1. The van der Waals surface area contributed by atoms with E-state index >= 15 is 0 Å². The Balaban J connectivity index is 3.39. The minimum Gasteiger partial charge on any atom is -0.257 e. The molecule has 1 heterocycles. The van der Waals surface area contributed by atoms with Crippen molar-refractivity contribution in [1.29, 1.82) is 10.5 Å². The molecule has 0 saturated heterocycles. The Bertz CT molecular complexity index is 519. The van der Waals surface area contributed by atoms with E-state index in [0.717, 1.165) is 25.3 Å². The molecule has 1 aromatic heterocycles. The van der Waals surface area contributed by atoms with Gasteiger partial charge < -0.3 is 0 Å². The fraction of sp³-hybridized carbons (Fsp3) is 0.273. The van der Waals surface area contributed by atoms with Crippen molar-refractivity contribution in [3.8, 4) is 12.1 Å². The van der Waals surface area contributed by atoms with Crippen LogP contribution in [0.25, 0.3) is 0 Å². The largest absolute Gasteiger partial charge is 0.362 e. The van der Waals surface area contributed by atoms with Gasteiger partial charge in [-0.15, -0.1) is 0 Å². The van der Waals surface area contributed by atoms with Gasteiger partial charge in [0.1, 0.15) is 11.2 Å². The van der Waals surface area contributed by atoms with Gasteiger partial charge in [0.15, 0.2) is 5.92 Å². The number of nitriles is 2. The quantitative estimate of drug-likeness (QED) is 0.813. The van der Waals surface area contributed by atoms with Crippen LogP contribution in [0, 0.1) is 34.4 Å². The smallest absolute Gasteiger partial charge is 0.257 e. The summed E-state index contributed by atoms with van der Waals surface area (Å²) in [5.74, 6) is -3.62. The van der Waals surface area contributed by atoms with E-state index in [0.29, 0.717) is 0 Å². The van der Waals surface area contributed by atoms with Crippen LogP contribution in [-0.4, -0.2) is 11.0 Å². The lowest BCUT2D eigenvalue weighted by atomic mass is 9.75. The summed E-state index contributed by atoms with van der Waals surface area (Å²) >= 11 is 0. The van der Waals surface area contributed by atoms with Gasteiger partial charge in [-0.3, -0.25) is 9.93 Å². The van der Waals surface area contributed by atoms with Gasteiger partial charge in [-0.2, -0.15) is 10.5 Å². The fourth-order valence-electron chi connectivity index (χ4n) is 1.42. The lowest BCUT2D eigenvalue weighted by Gasteiger charge is -2.24. The molecule has 0 fully saturated rings. The maximum atomic E-state index is 12.7. The fourth-order valence-corrected chi connectivity index (χ4v) is 1.42. The van der Waals surface area contributed by atoms with E-state index in [-0.39, 0.29) is 5.69 Å². The second kappa shape index (κ2) is 5.19. The van der Waals surface area contributed by atoms with E-state index in [1.807, 2.05) is 0 Å². The Morgan fingerprint density at radius 1 is 1.50 bits per heavy atom. The maximum absolute atomic E-state index is 12.7. The first-order valence-corrected chi connectivity index (χ1v) is 4.75. The van der Waals surface area contributed by atoms with Crippen LogP contribution in [0.1, 0.15) is 12.6 Å². The molecule has 0 aliphatic rings. The van der Waals surface area contributed by atoms with Crippen LogP contribution in [0.15, 0.2) is 18.3 Å². The average molecular weight is 251 g/mol.